The largest absolute Gasteiger partial charge is 0.494 e. The number of carbonyl (C=O) groups is 3. The van der Waals surface area contributed by atoms with E-state index in [0.29, 0.717) is 36.5 Å². The number of carbonyl (C=O) groups excluding carboxylic acids is 3. The van der Waals surface area contributed by atoms with Crippen LogP contribution in [0.2, 0.25) is 0 Å². The fourth-order valence-electron chi connectivity index (χ4n) is 2.72. The van der Waals surface area contributed by atoms with Gasteiger partial charge in [-0.3, -0.25) is 14.4 Å². The van der Waals surface area contributed by atoms with Gasteiger partial charge in [0.1, 0.15) is 5.75 Å². The first-order valence-corrected chi connectivity index (χ1v) is 9.77. The molecular weight excluding hydrogens is 370 g/mol. The maximum absolute atomic E-state index is 12.2. The van der Waals surface area contributed by atoms with Crippen molar-refractivity contribution in [3.05, 3.63) is 59.7 Å². The van der Waals surface area contributed by atoms with E-state index in [4.69, 9.17) is 4.74 Å². The van der Waals surface area contributed by atoms with Crippen molar-refractivity contribution >= 4 is 23.4 Å². The molecule has 29 heavy (non-hydrogen) atoms. The van der Waals surface area contributed by atoms with Gasteiger partial charge in [0, 0.05) is 35.8 Å². The van der Waals surface area contributed by atoms with Crippen molar-refractivity contribution in [1.82, 2.24) is 10.6 Å². The van der Waals surface area contributed by atoms with Crippen LogP contribution >= 0.6 is 0 Å². The highest BCUT2D eigenvalue weighted by Crippen LogP contribution is 2.30. The van der Waals surface area contributed by atoms with E-state index in [-0.39, 0.29) is 23.6 Å². The van der Waals surface area contributed by atoms with Crippen molar-refractivity contribution in [1.29, 1.82) is 0 Å². The van der Waals surface area contributed by atoms with Crippen LogP contribution in [-0.4, -0.2) is 37.4 Å². The maximum Gasteiger partial charge on any atom is 0.251 e. The molecule has 0 aliphatic heterocycles. The Morgan fingerprint density at radius 3 is 1.86 bits per heavy atom. The molecule has 1 fully saturated rings. The first-order valence-electron chi connectivity index (χ1n) is 9.77. The number of hydrogen-bond donors (Lipinski definition) is 3. The normalized spacial score (nSPS) is 12.7. The van der Waals surface area contributed by atoms with Crippen LogP contribution in [0.25, 0.3) is 0 Å². The van der Waals surface area contributed by atoms with Crippen molar-refractivity contribution in [3.63, 3.8) is 0 Å². The van der Waals surface area contributed by atoms with Crippen LogP contribution < -0.4 is 20.7 Å². The quantitative estimate of drug-likeness (QED) is 0.569. The van der Waals surface area contributed by atoms with Crippen LogP contribution in [-0.2, 0) is 4.79 Å². The van der Waals surface area contributed by atoms with Crippen LogP contribution in [0, 0.1) is 5.92 Å². The molecule has 2 aromatic carbocycles. The van der Waals surface area contributed by atoms with Gasteiger partial charge in [0.2, 0.25) is 5.91 Å². The molecule has 2 aromatic rings. The smallest absolute Gasteiger partial charge is 0.251 e. The van der Waals surface area contributed by atoms with Gasteiger partial charge in [-0.2, -0.15) is 0 Å². The Kier molecular flexibility index (Phi) is 6.84. The average Bonchev–Trinajstić information content (AvgIpc) is 3.58. The SMILES string of the molecule is CCOc1ccc(C(=O)NCCNC(=O)c2ccc(NC(=O)C3CC3)cc2)cc1. The van der Waals surface area contributed by atoms with Gasteiger partial charge in [-0.1, -0.05) is 0 Å². The summed E-state index contributed by atoms with van der Waals surface area (Å²) in [5.41, 5.74) is 1.71. The van der Waals surface area contributed by atoms with Crippen LogP contribution in [0.4, 0.5) is 5.69 Å². The highest BCUT2D eigenvalue weighted by molar-refractivity contribution is 5.97. The van der Waals surface area contributed by atoms with Gasteiger partial charge in [0.25, 0.3) is 11.8 Å². The Morgan fingerprint density at radius 2 is 1.38 bits per heavy atom. The number of rotatable bonds is 9. The van der Waals surface area contributed by atoms with Crippen molar-refractivity contribution in [2.75, 3.05) is 25.0 Å². The summed E-state index contributed by atoms with van der Waals surface area (Å²) in [6, 6.07) is 13.6. The van der Waals surface area contributed by atoms with Crippen molar-refractivity contribution < 1.29 is 19.1 Å². The molecule has 3 N–H and O–H groups in total. The lowest BCUT2D eigenvalue weighted by Crippen LogP contribution is -2.34. The van der Waals surface area contributed by atoms with E-state index >= 15 is 0 Å². The zero-order valence-electron chi connectivity index (χ0n) is 16.4. The minimum Gasteiger partial charge on any atom is -0.494 e. The second kappa shape index (κ2) is 9.73. The zero-order chi connectivity index (χ0) is 20.6. The van der Waals surface area contributed by atoms with E-state index in [0.717, 1.165) is 18.6 Å². The lowest BCUT2D eigenvalue weighted by Gasteiger charge is -2.09. The zero-order valence-corrected chi connectivity index (χ0v) is 16.4. The van der Waals surface area contributed by atoms with Crippen molar-refractivity contribution in [3.8, 4) is 5.75 Å². The number of anilines is 1. The fraction of sp³-hybridized carbons (Fsp3) is 0.318. The molecule has 1 aliphatic carbocycles. The molecule has 3 rings (SSSR count). The van der Waals surface area contributed by atoms with Gasteiger partial charge in [0.15, 0.2) is 0 Å². The van der Waals surface area contributed by atoms with Gasteiger partial charge in [-0.15, -0.1) is 0 Å². The summed E-state index contributed by atoms with van der Waals surface area (Å²) in [5, 5.41) is 8.36. The predicted octanol–water partition coefficient (Wildman–Crippen LogP) is 2.59. The molecule has 0 saturated heterocycles. The molecular formula is C22H25N3O4. The molecule has 3 amide bonds. The van der Waals surface area contributed by atoms with Gasteiger partial charge in [0.05, 0.1) is 6.61 Å². The Bertz CT molecular complexity index is 859. The molecule has 0 aromatic heterocycles. The number of nitrogens with one attached hydrogen (secondary N) is 3. The monoisotopic (exact) mass is 395 g/mol. The van der Waals surface area contributed by atoms with E-state index in [2.05, 4.69) is 16.0 Å². The summed E-state index contributed by atoms with van der Waals surface area (Å²) in [6.45, 7) is 3.09. The second-order valence-electron chi connectivity index (χ2n) is 6.81. The molecule has 1 aliphatic rings. The number of benzene rings is 2. The third-order valence-electron chi connectivity index (χ3n) is 4.49. The average molecular weight is 395 g/mol. The lowest BCUT2D eigenvalue weighted by molar-refractivity contribution is -0.117. The summed E-state index contributed by atoms with van der Waals surface area (Å²) < 4.78 is 5.35. The molecule has 7 heteroatoms. The Balaban J connectivity index is 1.38. The first kappa shape index (κ1) is 20.4. The molecule has 0 heterocycles. The second-order valence-corrected chi connectivity index (χ2v) is 6.81. The first-order chi connectivity index (χ1) is 14.1. The van der Waals surface area contributed by atoms with E-state index in [1.54, 1.807) is 48.5 Å². The fourth-order valence-corrected chi connectivity index (χ4v) is 2.72. The summed E-state index contributed by atoms with van der Waals surface area (Å²) in [6.07, 6.45) is 1.89. The molecule has 0 bridgehead atoms. The summed E-state index contributed by atoms with van der Waals surface area (Å²) in [7, 11) is 0. The lowest BCUT2D eigenvalue weighted by atomic mass is 10.2. The number of hydrogen-bond acceptors (Lipinski definition) is 4. The van der Waals surface area contributed by atoms with Crippen LogP contribution in [0.15, 0.2) is 48.5 Å². The number of ether oxygens (including phenoxy) is 1. The Hall–Kier alpha value is -3.35. The summed E-state index contributed by atoms with van der Waals surface area (Å²) in [4.78, 5) is 36.0. The molecule has 1 saturated carbocycles. The minimum absolute atomic E-state index is 0.0328. The van der Waals surface area contributed by atoms with Crippen LogP contribution in [0.1, 0.15) is 40.5 Å². The topological polar surface area (TPSA) is 96.5 Å². The van der Waals surface area contributed by atoms with Gasteiger partial charge < -0.3 is 20.7 Å². The molecule has 0 atom stereocenters. The minimum atomic E-state index is -0.236. The Labute approximate surface area is 169 Å². The maximum atomic E-state index is 12.2. The van der Waals surface area contributed by atoms with E-state index in [1.165, 1.54) is 0 Å². The highest BCUT2D eigenvalue weighted by atomic mass is 16.5. The van der Waals surface area contributed by atoms with Crippen LogP contribution in [0.5, 0.6) is 5.75 Å². The van der Waals surface area contributed by atoms with Gasteiger partial charge in [-0.25, -0.2) is 0 Å². The third-order valence-corrected chi connectivity index (χ3v) is 4.49. The highest BCUT2D eigenvalue weighted by Gasteiger charge is 2.29. The van der Waals surface area contributed by atoms with E-state index in [1.807, 2.05) is 6.92 Å². The third kappa shape index (κ3) is 6.07. The molecule has 152 valence electrons. The predicted molar refractivity (Wildman–Crippen MR) is 110 cm³/mol. The molecule has 0 spiro atoms. The summed E-state index contributed by atoms with van der Waals surface area (Å²) >= 11 is 0. The van der Waals surface area contributed by atoms with Crippen molar-refractivity contribution in [2.24, 2.45) is 5.92 Å². The van der Waals surface area contributed by atoms with Crippen LogP contribution in [0.3, 0.4) is 0 Å². The van der Waals surface area contributed by atoms with Gasteiger partial charge in [-0.05, 0) is 68.3 Å². The van der Waals surface area contributed by atoms with Gasteiger partial charge >= 0.3 is 0 Å². The Morgan fingerprint density at radius 1 is 0.862 bits per heavy atom. The standard InChI is InChI=1S/C22H25N3O4/c1-2-29-19-11-7-16(8-12-19)21(27)24-14-13-23-20(26)15-5-9-18(10-6-15)25-22(28)17-3-4-17/h5-12,17H,2-4,13-14H2,1H3,(H,23,26)(H,24,27)(H,25,28). The van der Waals surface area contributed by atoms with Crippen molar-refractivity contribution in [2.45, 2.75) is 19.8 Å². The molecule has 7 nitrogen and oxygen atoms in total. The summed E-state index contributed by atoms with van der Waals surface area (Å²) in [5.74, 6) is 0.439. The molecule has 0 unspecified atom stereocenters. The number of amides is 3. The van der Waals surface area contributed by atoms with E-state index in [9.17, 15) is 14.4 Å². The molecule has 0 radical (unpaired) electrons. The van der Waals surface area contributed by atoms with E-state index < -0.39 is 0 Å².